The van der Waals surface area contributed by atoms with E-state index in [1.165, 1.54) is 18.2 Å². The molecule has 0 aromatic heterocycles. The smallest absolute Gasteiger partial charge is 0.251 e. The number of aliphatic hydroxyl groups excluding tert-OH is 1. The largest absolute Gasteiger partial charge is 0.394 e. The lowest BCUT2D eigenvalue weighted by atomic mass is 9.98. The third-order valence-corrected chi connectivity index (χ3v) is 4.03. The first kappa shape index (κ1) is 13.5. The Hall–Kier alpha value is -0.940. The fourth-order valence-electron chi connectivity index (χ4n) is 2.32. The average Bonchev–Trinajstić information content (AvgIpc) is 2.82. The second kappa shape index (κ2) is 5.36. The summed E-state index contributed by atoms with van der Waals surface area (Å²) in [5.41, 5.74) is -0.110. The first-order valence-electron chi connectivity index (χ1n) is 5.95. The predicted octanol–water partition coefficient (Wildman–Crippen LogP) is 2.62. The molecule has 1 aromatic carbocycles. The van der Waals surface area contributed by atoms with Crippen molar-refractivity contribution in [3.63, 3.8) is 0 Å². The van der Waals surface area contributed by atoms with Gasteiger partial charge in [0, 0.05) is 5.56 Å². The van der Waals surface area contributed by atoms with Crippen molar-refractivity contribution >= 4 is 21.8 Å². The summed E-state index contributed by atoms with van der Waals surface area (Å²) in [5, 5.41) is 12.3. The number of rotatable bonds is 3. The van der Waals surface area contributed by atoms with Crippen molar-refractivity contribution in [3.8, 4) is 0 Å². The monoisotopic (exact) mass is 315 g/mol. The Bertz CT molecular complexity index is 458. The normalized spacial score (nSPS) is 17.7. The number of carbonyl (C=O) groups is 1. The van der Waals surface area contributed by atoms with E-state index in [0.717, 1.165) is 25.7 Å². The van der Waals surface area contributed by atoms with Crippen molar-refractivity contribution in [1.82, 2.24) is 5.32 Å². The van der Waals surface area contributed by atoms with E-state index < -0.39 is 11.4 Å². The van der Waals surface area contributed by atoms with Crippen LogP contribution < -0.4 is 5.32 Å². The van der Waals surface area contributed by atoms with Crippen LogP contribution in [0.2, 0.25) is 0 Å². The third-order valence-electron chi connectivity index (χ3n) is 3.42. The highest BCUT2D eigenvalue weighted by Crippen LogP contribution is 2.29. The lowest BCUT2D eigenvalue weighted by Gasteiger charge is -2.28. The molecule has 1 saturated carbocycles. The van der Waals surface area contributed by atoms with E-state index >= 15 is 0 Å². The van der Waals surface area contributed by atoms with E-state index in [-0.39, 0.29) is 17.0 Å². The van der Waals surface area contributed by atoms with Crippen LogP contribution in [0.15, 0.2) is 22.7 Å². The van der Waals surface area contributed by atoms with Crippen LogP contribution in [0.5, 0.6) is 0 Å². The maximum Gasteiger partial charge on any atom is 0.251 e. The van der Waals surface area contributed by atoms with E-state index in [1.807, 2.05) is 0 Å². The van der Waals surface area contributed by atoms with Gasteiger partial charge in [0.05, 0.1) is 16.6 Å². The Balaban J connectivity index is 2.13. The van der Waals surface area contributed by atoms with Gasteiger partial charge < -0.3 is 10.4 Å². The molecule has 0 unspecified atom stereocenters. The van der Waals surface area contributed by atoms with Crippen LogP contribution in [-0.4, -0.2) is 23.2 Å². The predicted molar refractivity (Wildman–Crippen MR) is 69.9 cm³/mol. The Morgan fingerprint density at radius 2 is 2.11 bits per heavy atom. The van der Waals surface area contributed by atoms with Crippen molar-refractivity contribution in [1.29, 1.82) is 0 Å². The second-order valence-electron chi connectivity index (χ2n) is 4.73. The van der Waals surface area contributed by atoms with E-state index in [9.17, 15) is 14.3 Å². The van der Waals surface area contributed by atoms with Gasteiger partial charge >= 0.3 is 0 Å². The van der Waals surface area contributed by atoms with Crippen molar-refractivity contribution in [2.75, 3.05) is 6.61 Å². The lowest BCUT2D eigenvalue weighted by Crippen LogP contribution is -2.49. The lowest BCUT2D eigenvalue weighted by molar-refractivity contribution is 0.0838. The molecule has 0 spiro atoms. The van der Waals surface area contributed by atoms with E-state index in [2.05, 4.69) is 21.2 Å². The summed E-state index contributed by atoms with van der Waals surface area (Å²) in [6.07, 6.45) is 3.59. The zero-order chi connectivity index (χ0) is 13.2. The molecule has 2 rings (SSSR count). The molecular weight excluding hydrogens is 301 g/mol. The first-order chi connectivity index (χ1) is 8.56. The number of benzene rings is 1. The summed E-state index contributed by atoms with van der Waals surface area (Å²) in [6, 6.07) is 4.14. The molecular formula is C13H15BrFNO2. The van der Waals surface area contributed by atoms with Gasteiger partial charge in [-0.3, -0.25) is 4.79 Å². The number of hydrogen-bond acceptors (Lipinski definition) is 2. The van der Waals surface area contributed by atoms with Gasteiger partial charge in [-0.15, -0.1) is 0 Å². The van der Waals surface area contributed by atoms with Crippen molar-refractivity contribution in [2.24, 2.45) is 0 Å². The highest BCUT2D eigenvalue weighted by molar-refractivity contribution is 9.10. The molecule has 1 amide bonds. The van der Waals surface area contributed by atoms with Crippen LogP contribution in [0.4, 0.5) is 4.39 Å². The minimum absolute atomic E-state index is 0.0545. The van der Waals surface area contributed by atoms with Gasteiger partial charge in [-0.1, -0.05) is 12.8 Å². The molecule has 18 heavy (non-hydrogen) atoms. The number of carbonyl (C=O) groups excluding carboxylic acids is 1. The molecule has 1 fully saturated rings. The minimum atomic E-state index is -0.502. The standard InChI is InChI=1S/C13H15BrFNO2/c14-10-7-9(3-4-11(10)15)12(18)16-13(8-17)5-1-2-6-13/h3-4,7,17H,1-2,5-6,8H2,(H,16,18). The van der Waals surface area contributed by atoms with Gasteiger partial charge in [-0.2, -0.15) is 0 Å². The number of nitrogens with one attached hydrogen (secondary N) is 1. The van der Waals surface area contributed by atoms with Crippen molar-refractivity contribution in [2.45, 2.75) is 31.2 Å². The summed E-state index contributed by atoms with van der Waals surface area (Å²) in [4.78, 5) is 12.1. The molecule has 98 valence electrons. The van der Waals surface area contributed by atoms with E-state index in [0.29, 0.717) is 5.56 Å². The van der Waals surface area contributed by atoms with Crippen molar-refractivity contribution in [3.05, 3.63) is 34.1 Å². The quantitative estimate of drug-likeness (QED) is 0.901. The molecule has 0 bridgehead atoms. The number of halogens is 2. The SMILES string of the molecule is O=C(NC1(CO)CCCC1)c1ccc(F)c(Br)c1. The molecule has 2 N–H and O–H groups in total. The molecule has 3 nitrogen and oxygen atoms in total. The van der Waals surface area contributed by atoms with Crippen LogP contribution in [0.1, 0.15) is 36.0 Å². The zero-order valence-corrected chi connectivity index (χ0v) is 11.5. The molecule has 0 heterocycles. The Morgan fingerprint density at radius 3 is 2.67 bits per heavy atom. The Labute approximate surface area is 114 Å². The molecule has 0 aliphatic heterocycles. The summed E-state index contributed by atoms with van der Waals surface area (Å²) in [5.74, 6) is -0.670. The maximum absolute atomic E-state index is 13.1. The fourth-order valence-corrected chi connectivity index (χ4v) is 2.70. The minimum Gasteiger partial charge on any atom is -0.394 e. The Kier molecular flexibility index (Phi) is 4.02. The summed E-state index contributed by atoms with van der Waals surface area (Å²) in [7, 11) is 0. The fraction of sp³-hybridized carbons (Fsp3) is 0.462. The van der Waals surface area contributed by atoms with Gasteiger partial charge in [0.15, 0.2) is 0 Å². The van der Waals surface area contributed by atoms with Crippen LogP contribution in [0, 0.1) is 5.82 Å². The highest BCUT2D eigenvalue weighted by atomic mass is 79.9. The molecule has 1 aliphatic carbocycles. The van der Waals surface area contributed by atoms with Crippen LogP contribution in [0.3, 0.4) is 0 Å². The first-order valence-corrected chi connectivity index (χ1v) is 6.74. The molecule has 5 heteroatoms. The summed E-state index contributed by atoms with van der Waals surface area (Å²) >= 11 is 3.05. The number of amides is 1. The van der Waals surface area contributed by atoms with Crippen LogP contribution >= 0.6 is 15.9 Å². The second-order valence-corrected chi connectivity index (χ2v) is 5.58. The topological polar surface area (TPSA) is 49.3 Å². The molecule has 1 aliphatic rings. The molecule has 0 radical (unpaired) electrons. The average molecular weight is 316 g/mol. The van der Waals surface area contributed by atoms with E-state index in [4.69, 9.17) is 0 Å². The Morgan fingerprint density at radius 1 is 1.44 bits per heavy atom. The zero-order valence-electron chi connectivity index (χ0n) is 9.88. The number of aliphatic hydroxyl groups is 1. The van der Waals surface area contributed by atoms with Gasteiger partial charge in [-0.05, 0) is 47.0 Å². The molecule has 0 atom stereocenters. The summed E-state index contributed by atoms with van der Waals surface area (Å²) < 4.78 is 13.4. The molecule has 0 saturated heterocycles. The van der Waals surface area contributed by atoms with Gasteiger partial charge in [0.1, 0.15) is 5.82 Å². The van der Waals surface area contributed by atoms with Gasteiger partial charge in [0.2, 0.25) is 0 Å². The van der Waals surface area contributed by atoms with Crippen LogP contribution in [0.25, 0.3) is 0 Å². The van der Waals surface area contributed by atoms with Crippen molar-refractivity contribution < 1.29 is 14.3 Å². The highest BCUT2D eigenvalue weighted by Gasteiger charge is 2.34. The van der Waals surface area contributed by atoms with E-state index in [1.54, 1.807) is 0 Å². The molecule has 1 aromatic rings. The summed E-state index contributed by atoms with van der Waals surface area (Å²) in [6.45, 7) is -0.0545. The van der Waals surface area contributed by atoms with Gasteiger partial charge in [0.25, 0.3) is 5.91 Å². The maximum atomic E-state index is 13.1. The van der Waals surface area contributed by atoms with Gasteiger partial charge in [-0.25, -0.2) is 4.39 Å². The number of hydrogen-bond donors (Lipinski definition) is 2. The van der Waals surface area contributed by atoms with Crippen LogP contribution in [-0.2, 0) is 0 Å². The third kappa shape index (κ3) is 2.72.